The standard InChI is InChI=1S/C17H20N2O3S2/c1-11(17(21)22)8-19(3)16(20)14-6-4-5-7-15(14)24-10-13-9-23-12(2)18-13/h4-7,9,11H,8,10H2,1-3H3,(H,21,22)/t11-/m1/s1. The van der Waals surface area contributed by atoms with E-state index in [0.717, 1.165) is 15.6 Å². The van der Waals surface area contributed by atoms with Crippen LogP contribution in [-0.2, 0) is 10.5 Å². The van der Waals surface area contributed by atoms with E-state index in [2.05, 4.69) is 4.98 Å². The first-order valence-electron chi connectivity index (χ1n) is 7.49. The topological polar surface area (TPSA) is 70.5 Å². The van der Waals surface area contributed by atoms with Gasteiger partial charge in [-0.2, -0.15) is 0 Å². The molecular formula is C17H20N2O3S2. The molecule has 1 N–H and O–H groups in total. The monoisotopic (exact) mass is 364 g/mol. The van der Waals surface area contributed by atoms with Gasteiger partial charge in [-0.3, -0.25) is 9.59 Å². The average molecular weight is 364 g/mol. The van der Waals surface area contributed by atoms with Crippen molar-refractivity contribution in [2.24, 2.45) is 5.92 Å². The van der Waals surface area contributed by atoms with Crippen LogP contribution in [0.25, 0.3) is 0 Å². The van der Waals surface area contributed by atoms with Gasteiger partial charge in [-0.05, 0) is 19.1 Å². The van der Waals surface area contributed by atoms with E-state index in [0.29, 0.717) is 11.3 Å². The molecule has 0 saturated carbocycles. The number of carboxylic acids is 1. The predicted molar refractivity (Wildman–Crippen MR) is 96.6 cm³/mol. The summed E-state index contributed by atoms with van der Waals surface area (Å²) in [5, 5.41) is 12.0. The highest BCUT2D eigenvalue weighted by atomic mass is 32.2. The van der Waals surface area contributed by atoms with E-state index < -0.39 is 11.9 Å². The van der Waals surface area contributed by atoms with Crippen molar-refractivity contribution in [2.75, 3.05) is 13.6 Å². The summed E-state index contributed by atoms with van der Waals surface area (Å²) in [7, 11) is 1.63. The summed E-state index contributed by atoms with van der Waals surface area (Å²) in [4.78, 5) is 30.4. The number of carbonyl (C=O) groups excluding carboxylic acids is 1. The molecule has 0 aliphatic carbocycles. The molecule has 1 aromatic heterocycles. The smallest absolute Gasteiger partial charge is 0.308 e. The second kappa shape index (κ2) is 8.30. The third kappa shape index (κ3) is 4.82. The van der Waals surface area contributed by atoms with Crippen LogP contribution in [0.1, 0.15) is 28.0 Å². The van der Waals surface area contributed by atoms with Crippen molar-refractivity contribution in [1.29, 1.82) is 0 Å². The number of thioether (sulfide) groups is 1. The van der Waals surface area contributed by atoms with Crippen LogP contribution >= 0.6 is 23.1 Å². The Morgan fingerprint density at radius 2 is 2.08 bits per heavy atom. The van der Waals surface area contributed by atoms with Crippen LogP contribution in [0.5, 0.6) is 0 Å². The molecule has 0 aliphatic rings. The van der Waals surface area contributed by atoms with E-state index in [1.807, 2.05) is 30.5 Å². The van der Waals surface area contributed by atoms with Gasteiger partial charge < -0.3 is 10.0 Å². The molecule has 2 rings (SSSR count). The lowest BCUT2D eigenvalue weighted by Gasteiger charge is -2.20. The van der Waals surface area contributed by atoms with E-state index >= 15 is 0 Å². The van der Waals surface area contributed by atoms with Crippen LogP contribution in [0.15, 0.2) is 34.5 Å². The lowest BCUT2D eigenvalue weighted by molar-refractivity contribution is -0.141. The number of hydrogen-bond donors (Lipinski definition) is 1. The maximum atomic E-state index is 12.6. The number of amides is 1. The number of aryl methyl sites for hydroxylation is 1. The Morgan fingerprint density at radius 1 is 1.38 bits per heavy atom. The van der Waals surface area contributed by atoms with Gasteiger partial charge >= 0.3 is 5.97 Å². The molecule has 24 heavy (non-hydrogen) atoms. The van der Waals surface area contributed by atoms with Crippen LogP contribution in [0.4, 0.5) is 0 Å². The third-order valence-corrected chi connectivity index (χ3v) is 5.41. The van der Waals surface area contributed by atoms with Crippen molar-refractivity contribution in [2.45, 2.75) is 24.5 Å². The molecule has 0 aliphatic heterocycles. The van der Waals surface area contributed by atoms with Crippen molar-refractivity contribution in [3.63, 3.8) is 0 Å². The lowest BCUT2D eigenvalue weighted by atomic mass is 10.1. The van der Waals surface area contributed by atoms with Gasteiger partial charge in [0.25, 0.3) is 5.91 Å². The summed E-state index contributed by atoms with van der Waals surface area (Å²) in [6, 6.07) is 7.40. The summed E-state index contributed by atoms with van der Waals surface area (Å²) in [5.41, 5.74) is 1.59. The Labute approximate surface area is 149 Å². The van der Waals surface area contributed by atoms with Crippen molar-refractivity contribution in [1.82, 2.24) is 9.88 Å². The molecule has 0 saturated heterocycles. The highest BCUT2D eigenvalue weighted by Crippen LogP contribution is 2.27. The van der Waals surface area contributed by atoms with E-state index in [-0.39, 0.29) is 12.5 Å². The Hall–Kier alpha value is -1.86. The van der Waals surface area contributed by atoms with Crippen molar-refractivity contribution >= 4 is 35.0 Å². The molecule has 0 fully saturated rings. The average Bonchev–Trinajstić information content (AvgIpc) is 2.97. The summed E-state index contributed by atoms with van der Waals surface area (Å²) >= 11 is 3.17. The summed E-state index contributed by atoms with van der Waals surface area (Å²) in [5.74, 6) is -0.974. The highest BCUT2D eigenvalue weighted by Gasteiger charge is 2.20. The predicted octanol–water partition coefficient (Wildman–Crippen LogP) is 3.54. The van der Waals surface area contributed by atoms with Gasteiger partial charge in [-0.15, -0.1) is 23.1 Å². The minimum absolute atomic E-state index is 0.166. The molecule has 1 aromatic carbocycles. The second-order valence-corrected chi connectivity index (χ2v) is 7.65. The molecule has 1 atom stereocenters. The first kappa shape index (κ1) is 18.5. The lowest BCUT2D eigenvalue weighted by Crippen LogP contribution is -2.33. The maximum absolute atomic E-state index is 12.6. The van der Waals surface area contributed by atoms with Crippen LogP contribution in [0.3, 0.4) is 0 Å². The van der Waals surface area contributed by atoms with E-state index in [1.54, 1.807) is 43.1 Å². The fraction of sp³-hybridized carbons (Fsp3) is 0.353. The fourth-order valence-electron chi connectivity index (χ4n) is 2.17. The second-order valence-electron chi connectivity index (χ2n) is 5.57. The number of carbonyl (C=O) groups is 2. The van der Waals surface area contributed by atoms with Crippen LogP contribution in [0.2, 0.25) is 0 Å². The van der Waals surface area contributed by atoms with E-state index in [9.17, 15) is 9.59 Å². The molecule has 0 radical (unpaired) electrons. The zero-order chi connectivity index (χ0) is 17.7. The van der Waals surface area contributed by atoms with Gasteiger partial charge in [0.1, 0.15) is 0 Å². The number of rotatable bonds is 7. The number of benzene rings is 1. The van der Waals surface area contributed by atoms with Gasteiger partial charge in [0, 0.05) is 29.6 Å². The minimum Gasteiger partial charge on any atom is -0.481 e. The zero-order valence-electron chi connectivity index (χ0n) is 13.9. The van der Waals surface area contributed by atoms with Crippen LogP contribution in [0, 0.1) is 12.8 Å². The van der Waals surface area contributed by atoms with Crippen LogP contribution in [-0.4, -0.2) is 40.5 Å². The van der Waals surface area contributed by atoms with Crippen molar-refractivity contribution < 1.29 is 14.7 Å². The fourth-order valence-corrected chi connectivity index (χ4v) is 3.83. The van der Waals surface area contributed by atoms with E-state index in [1.165, 1.54) is 4.90 Å². The number of thiazole rings is 1. The maximum Gasteiger partial charge on any atom is 0.308 e. The number of carboxylic acid groups (broad SMARTS) is 1. The largest absolute Gasteiger partial charge is 0.481 e. The molecule has 0 unspecified atom stereocenters. The van der Waals surface area contributed by atoms with Crippen molar-refractivity contribution in [3.8, 4) is 0 Å². The van der Waals surface area contributed by atoms with Gasteiger partial charge in [-0.1, -0.05) is 19.1 Å². The Balaban J connectivity index is 2.09. The normalized spacial score (nSPS) is 12.0. The Kier molecular flexibility index (Phi) is 6.39. The molecule has 128 valence electrons. The SMILES string of the molecule is Cc1nc(CSc2ccccc2C(=O)N(C)C[C@@H](C)C(=O)O)cs1. The third-order valence-electron chi connectivity index (χ3n) is 3.48. The molecule has 7 heteroatoms. The number of nitrogens with zero attached hydrogens (tertiary/aromatic N) is 2. The molecule has 0 bridgehead atoms. The molecule has 2 aromatic rings. The first-order valence-corrected chi connectivity index (χ1v) is 9.36. The zero-order valence-corrected chi connectivity index (χ0v) is 15.5. The Morgan fingerprint density at radius 3 is 2.71 bits per heavy atom. The van der Waals surface area contributed by atoms with Gasteiger partial charge in [0.2, 0.25) is 0 Å². The van der Waals surface area contributed by atoms with Gasteiger partial charge in [0.05, 0.1) is 22.2 Å². The molecule has 1 heterocycles. The van der Waals surface area contributed by atoms with Gasteiger partial charge in [-0.25, -0.2) is 4.98 Å². The summed E-state index contributed by atoms with van der Waals surface area (Å²) in [6.07, 6.45) is 0. The molecule has 1 amide bonds. The Bertz CT molecular complexity index is 730. The summed E-state index contributed by atoms with van der Waals surface area (Å²) < 4.78 is 0. The molecule has 5 nitrogen and oxygen atoms in total. The summed E-state index contributed by atoms with van der Waals surface area (Å²) in [6.45, 7) is 3.74. The van der Waals surface area contributed by atoms with E-state index in [4.69, 9.17) is 5.11 Å². The van der Waals surface area contributed by atoms with Crippen molar-refractivity contribution in [3.05, 3.63) is 45.9 Å². The highest BCUT2D eigenvalue weighted by molar-refractivity contribution is 7.98. The van der Waals surface area contributed by atoms with Gasteiger partial charge in [0.15, 0.2) is 0 Å². The molecule has 0 spiro atoms. The minimum atomic E-state index is -0.906. The molecular weight excluding hydrogens is 344 g/mol. The number of aromatic nitrogens is 1. The van der Waals surface area contributed by atoms with Crippen LogP contribution < -0.4 is 0 Å². The quantitative estimate of drug-likeness (QED) is 0.761. The number of hydrogen-bond acceptors (Lipinski definition) is 5. The number of aliphatic carboxylic acids is 1. The first-order chi connectivity index (χ1) is 11.4.